The van der Waals surface area contributed by atoms with Crippen molar-refractivity contribution in [2.75, 3.05) is 0 Å². The summed E-state index contributed by atoms with van der Waals surface area (Å²) in [6.07, 6.45) is 0. The zero-order chi connectivity index (χ0) is 11.7. The van der Waals surface area contributed by atoms with Crippen LogP contribution in [-0.2, 0) is 0 Å². The summed E-state index contributed by atoms with van der Waals surface area (Å²) in [4.78, 5) is 3.42. The SMILES string of the molecule is c1ccc2sc3cc4op5oc4c(o5)c3[nH]c2c1. The molecule has 0 aliphatic carbocycles. The highest BCUT2D eigenvalue weighted by Crippen LogP contribution is 2.44. The van der Waals surface area contributed by atoms with Gasteiger partial charge < -0.3 is 17.6 Å². The molecule has 3 aromatic heterocycles. The summed E-state index contributed by atoms with van der Waals surface area (Å²) in [5, 5.41) is 0. The number of aromatic nitrogens is 1. The van der Waals surface area contributed by atoms with Gasteiger partial charge in [0.25, 0.3) is 0 Å². The van der Waals surface area contributed by atoms with E-state index in [0.29, 0.717) is 0 Å². The number of H-pyrrole nitrogens is 1. The average Bonchev–Trinajstić information content (AvgIpc) is 2.97. The summed E-state index contributed by atoms with van der Waals surface area (Å²) in [6, 6.07) is 10.2. The molecule has 5 rings (SSSR count). The lowest BCUT2D eigenvalue weighted by Gasteiger charge is -2.02. The van der Waals surface area contributed by atoms with Crippen LogP contribution >= 0.6 is 19.4 Å². The Balaban J connectivity index is 2.13. The van der Waals surface area contributed by atoms with E-state index in [1.807, 2.05) is 18.2 Å². The van der Waals surface area contributed by atoms with Crippen LogP contribution in [0.4, 0.5) is 0 Å². The van der Waals surface area contributed by atoms with Crippen LogP contribution in [-0.4, -0.2) is 4.98 Å². The monoisotopic (exact) mass is 275 g/mol. The number of hydrogen-bond acceptors (Lipinski definition) is 4. The molecule has 5 aromatic rings. The van der Waals surface area contributed by atoms with E-state index in [1.54, 1.807) is 11.3 Å². The molecule has 0 saturated heterocycles. The number of benzene rings is 2. The quantitative estimate of drug-likeness (QED) is 0.389. The van der Waals surface area contributed by atoms with Crippen LogP contribution in [0.1, 0.15) is 0 Å². The molecule has 3 heterocycles. The van der Waals surface area contributed by atoms with Gasteiger partial charge in [0, 0.05) is 6.07 Å². The Morgan fingerprint density at radius 2 is 1.89 bits per heavy atom. The molecule has 0 saturated carbocycles. The Hall–Kier alpha value is -1.84. The predicted octanol–water partition coefficient (Wildman–Crippen LogP) is 5.31. The van der Waals surface area contributed by atoms with E-state index in [-0.39, 0.29) is 0 Å². The van der Waals surface area contributed by atoms with Gasteiger partial charge in [0.05, 0.1) is 14.9 Å². The zero-order valence-corrected chi connectivity index (χ0v) is 10.7. The summed E-state index contributed by atoms with van der Waals surface area (Å²) in [5.74, 6) is 0. The average molecular weight is 275 g/mol. The van der Waals surface area contributed by atoms with Crippen molar-refractivity contribution in [1.82, 2.24) is 4.98 Å². The Morgan fingerprint density at radius 1 is 1.00 bits per heavy atom. The Morgan fingerprint density at radius 3 is 2.83 bits per heavy atom. The van der Waals surface area contributed by atoms with Gasteiger partial charge in [0.1, 0.15) is 5.52 Å². The molecule has 18 heavy (non-hydrogen) atoms. The minimum absolute atomic E-state index is 0.743. The summed E-state index contributed by atoms with van der Waals surface area (Å²) >= 11 is 1.72. The highest BCUT2D eigenvalue weighted by atomic mass is 32.1. The normalized spacial score (nSPS) is 13.4. The van der Waals surface area contributed by atoms with Crippen LogP contribution in [0.15, 0.2) is 42.9 Å². The molecule has 6 heteroatoms. The van der Waals surface area contributed by atoms with Crippen molar-refractivity contribution in [3.63, 3.8) is 0 Å². The number of para-hydroxylation sites is 1. The van der Waals surface area contributed by atoms with Gasteiger partial charge in [-0.1, -0.05) is 12.1 Å². The third-order valence-electron chi connectivity index (χ3n) is 3.04. The van der Waals surface area contributed by atoms with Crippen LogP contribution in [0.5, 0.6) is 0 Å². The van der Waals surface area contributed by atoms with Crippen molar-refractivity contribution in [3.05, 3.63) is 30.3 Å². The molecule has 2 bridgehead atoms. The minimum atomic E-state index is -1.23. The van der Waals surface area contributed by atoms with Gasteiger partial charge in [-0.2, -0.15) is 0 Å². The van der Waals surface area contributed by atoms with Crippen molar-refractivity contribution >= 4 is 56.6 Å². The number of rotatable bonds is 0. The lowest BCUT2D eigenvalue weighted by Crippen LogP contribution is -1.81. The summed E-state index contributed by atoms with van der Waals surface area (Å²) in [5.41, 5.74) is 4.43. The Labute approximate surface area is 105 Å². The van der Waals surface area contributed by atoms with Crippen LogP contribution in [0, 0.1) is 0 Å². The van der Waals surface area contributed by atoms with E-state index in [0.717, 1.165) is 32.5 Å². The van der Waals surface area contributed by atoms with Gasteiger partial charge in [0.15, 0.2) is 5.58 Å². The molecule has 0 radical (unpaired) electrons. The van der Waals surface area contributed by atoms with E-state index < -0.39 is 8.06 Å². The molecule has 0 fully saturated rings. The van der Waals surface area contributed by atoms with Gasteiger partial charge >= 0.3 is 8.06 Å². The number of aromatic amines is 1. The first-order chi connectivity index (χ1) is 8.88. The molecule has 0 aliphatic rings. The van der Waals surface area contributed by atoms with E-state index in [9.17, 15) is 0 Å². The molecule has 88 valence electrons. The topological polar surface area (TPSA) is 55.2 Å². The fourth-order valence-electron chi connectivity index (χ4n) is 2.23. The van der Waals surface area contributed by atoms with Crippen molar-refractivity contribution in [2.24, 2.45) is 0 Å². The number of nitrogens with one attached hydrogen (secondary N) is 1. The van der Waals surface area contributed by atoms with Crippen LogP contribution in [0.2, 0.25) is 0 Å². The molecular formula is C12H6NO3PS. The molecule has 0 aliphatic heterocycles. The maximum absolute atomic E-state index is 5.64. The highest BCUT2D eigenvalue weighted by molar-refractivity contribution is 7.27. The van der Waals surface area contributed by atoms with Gasteiger partial charge in [-0.25, -0.2) is 0 Å². The molecular weight excluding hydrogens is 269 g/mol. The van der Waals surface area contributed by atoms with Gasteiger partial charge in [-0.15, -0.1) is 11.3 Å². The molecule has 2 aromatic carbocycles. The second-order valence-corrected chi connectivity index (χ2v) is 6.21. The second kappa shape index (κ2) is 2.94. The molecule has 0 spiro atoms. The molecule has 0 amide bonds. The lowest BCUT2D eigenvalue weighted by molar-refractivity contribution is 0.614. The standard InChI is InChI=1S/C12H6NO3PS/c1-2-4-8-6(3-1)13-10-9(18-8)5-7-11-12(10)16-17(14-7)15-11/h1-5,13H. The summed E-state index contributed by atoms with van der Waals surface area (Å²) in [7, 11) is -1.23. The smallest absolute Gasteiger partial charge is 0.386 e. The molecule has 1 N–H and O–H groups in total. The van der Waals surface area contributed by atoms with Crippen LogP contribution in [0.25, 0.3) is 37.2 Å². The summed E-state index contributed by atoms with van der Waals surface area (Å²) in [6.45, 7) is 0. The number of hydrogen-bond donors (Lipinski definition) is 1. The largest absolute Gasteiger partial charge is 0.453 e. The molecule has 1 atom stereocenters. The predicted molar refractivity (Wildman–Crippen MR) is 72.5 cm³/mol. The fourth-order valence-corrected chi connectivity index (χ4v) is 4.31. The van der Waals surface area contributed by atoms with E-state index >= 15 is 0 Å². The van der Waals surface area contributed by atoms with Crippen LogP contribution < -0.4 is 0 Å². The third kappa shape index (κ3) is 1.01. The zero-order valence-electron chi connectivity index (χ0n) is 8.97. The van der Waals surface area contributed by atoms with Crippen molar-refractivity contribution < 1.29 is 12.6 Å². The third-order valence-corrected chi connectivity index (χ3v) is 5.16. The van der Waals surface area contributed by atoms with Crippen molar-refractivity contribution in [1.29, 1.82) is 0 Å². The first-order valence-corrected chi connectivity index (χ1v) is 7.38. The van der Waals surface area contributed by atoms with E-state index in [1.165, 1.54) is 4.70 Å². The Bertz CT molecular complexity index is 1030. The van der Waals surface area contributed by atoms with Gasteiger partial charge in [-0.3, -0.25) is 0 Å². The maximum atomic E-state index is 5.64. The first-order valence-electron chi connectivity index (χ1n) is 5.47. The van der Waals surface area contributed by atoms with Crippen molar-refractivity contribution in [2.45, 2.75) is 0 Å². The first kappa shape index (κ1) is 9.14. The molecule has 4 nitrogen and oxygen atoms in total. The van der Waals surface area contributed by atoms with Crippen LogP contribution in [0.3, 0.4) is 0 Å². The van der Waals surface area contributed by atoms with E-state index in [4.69, 9.17) is 12.6 Å². The highest BCUT2D eigenvalue weighted by Gasteiger charge is 2.19. The maximum Gasteiger partial charge on any atom is 0.453 e. The number of fused-ring (bicyclic) bond motifs is 4. The lowest BCUT2D eigenvalue weighted by atomic mass is 10.3. The van der Waals surface area contributed by atoms with Crippen molar-refractivity contribution in [3.8, 4) is 0 Å². The fraction of sp³-hybridized carbons (Fsp3) is 0. The van der Waals surface area contributed by atoms with Gasteiger partial charge in [-0.05, 0) is 12.1 Å². The Kier molecular flexibility index (Phi) is 1.49. The summed E-state index contributed by atoms with van der Waals surface area (Å²) < 4.78 is 19.0. The van der Waals surface area contributed by atoms with E-state index in [2.05, 4.69) is 17.1 Å². The molecule has 1 unspecified atom stereocenters. The minimum Gasteiger partial charge on any atom is -0.386 e. The second-order valence-electron chi connectivity index (χ2n) is 4.13. The van der Waals surface area contributed by atoms with Gasteiger partial charge in [0.2, 0.25) is 11.2 Å².